The van der Waals surface area contributed by atoms with Crippen molar-refractivity contribution >= 4 is 15.7 Å². The zero-order chi connectivity index (χ0) is 16.4. The summed E-state index contributed by atoms with van der Waals surface area (Å²) >= 11 is 0. The van der Waals surface area contributed by atoms with E-state index in [2.05, 4.69) is 5.10 Å². The van der Waals surface area contributed by atoms with Gasteiger partial charge in [0.15, 0.2) is 5.65 Å². The number of aromatic nitrogens is 3. The second-order valence-corrected chi connectivity index (χ2v) is 7.85. The number of pyridine rings is 1. The van der Waals surface area contributed by atoms with Crippen molar-refractivity contribution in [1.29, 1.82) is 0 Å². The van der Waals surface area contributed by atoms with Crippen molar-refractivity contribution in [2.24, 2.45) is 0 Å². The van der Waals surface area contributed by atoms with Crippen LogP contribution < -0.4 is 5.69 Å². The van der Waals surface area contributed by atoms with E-state index in [4.69, 9.17) is 0 Å². The van der Waals surface area contributed by atoms with Crippen LogP contribution in [0.25, 0.3) is 5.65 Å². The molecule has 0 saturated carbocycles. The predicted octanol–water partition coefficient (Wildman–Crippen LogP) is 1.47. The minimum atomic E-state index is -3.56. The van der Waals surface area contributed by atoms with Crippen LogP contribution in [0.2, 0.25) is 0 Å². The third kappa shape index (κ3) is 3.05. The molecule has 126 valence electrons. The van der Waals surface area contributed by atoms with E-state index in [1.165, 1.54) is 25.7 Å². The molecule has 23 heavy (non-hydrogen) atoms. The molecular weight excluding hydrogens is 316 g/mol. The van der Waals surface area contributed by atoms with Gasteiger partial charge in [-0.1, -0.05) is 19.8 Å². The number of hydrogen-bond donors (Lipinski definition) is 0. The summed E-state index contributed by atoms with van der Waals surface area (Å²) in [4.78, 5) is 12.4. The van der Waals surface area contributed by atoms with Gasteiger partial charge in [0.2, 0.25) is 10.0 Å². The molecule has 1 saturated heterocycles. The molecule has 7 nitrogen and oxygen atoms in total. The van der Waals surface area contributed by atoms with E-state index >= 15 is 0 Å². The van der Waals surface area contributed by atoms with Crippen LogP contribution in [0.1, 0.15) is 39.0 Å². The molecule has 0 aliphatic carbocycles. The highest BCUT2D eigenvalue weighted by atomic mass is 32.2. The topological polar surface area (TPSA) is 76.7 Å². The average molecular weight is 338 g/mol. The Kier molecular flexibility index (Phi) is 4.54. The van der Waals surface area contributed by atoms with Crippen molar-refractivity contribution in [2.75, 3.05) is 13.1 Å². The third-order valence-electron chi connectivity index (χ3n) is 4.19. The molecule has 0 atom stereocenters. The summed E-state index contributed by atoms with van der Waals surface area (Å²) in [5.74, 6) is 0. The first-order chi connectivity index (χ1) is 11.0. The Bertz CT molecular complexity index is 845. The molecule has 1 fully saturated rings. The highest BCUT2D eigenvalue weighted by molar-refractivity contribution is 7.89. The molecule has 0 unspecified atom stereocenters. The summed E-state index contributed by atoms with van der Waals surface area (Å²) in [6.45, 7) is 3.58. The van der Waals surface area contributed by atoms with Crippen LogP contribution in [-0.4, -0.2) is 40.0 Å². The lowest BCUT2D eigenvalue weighted by Gasteiger charge is -2.19. The number of nitrogens with zero attached hydrogens (tertiary/aromatic N) is 4. The van der Waals surface area contributed by atoms with Crippen LogP contribution >= 0.6 is 0 Å². The molecule has 0 aromatic carbocycles. The van der Waals surface area contributed by atoms with E-state index in [1.54, 1.807) is 6.07 Å². The van der Waals surface area contributed by atoms with Crippen molar-refractivity contribution < 1.29 is 8.42 Å². The van der Waals surface area contributed by atoms with Crippen molar-refractivity contribution in [2.45, 2.75) is 50.5 Å². The van der Waals surface area contributed by atoms with Crippen LogP contribution in [0.15, 0.2) is 28.0 Å². The quantitative estimate of drug-likeness (QED) is 0.846. The van der Waals surface area contributed by atoms with Gasteiger partial charge in [-0.25, -0.2) is 22.3 Å². The van der Waals surface area contributed by atoms with Crippen molar-refractivity contribution in [1.82, 2.24) is 18.5 Å². The first kappa shape index (κ1) is 16.2. The van der Waals surface area contributed by atoms with Gasteiger partial charge in [0.25, 0.3) is 0 Å². The molecule has 0 N–H and O–H groups in total. The number of rotatable bonds is 4. The lowest BCUT2D eigenvalue weighted by atomic mass is 10.2. The monoisotopic (exact) mass is 338 g/mol. The fourth-order valence-corrected chi connectivity index (χ4v) is 4.46. The summed E-state index contributed by atoms with van der Waals surface area (Å²) in [7, 11) is -3.56. The summed E-state index contributed by atoms with van der Waals surface area (Å²) in [6.07, 6.45) is 6.09. The fourth-order valence-electron chi connectivity index (χ4n) is 2.94. The van der Waals surface area contributed by atoms with Crippen molar-refractivity contribution in [3.8, 4) is 0 Å². The molecule has 0 radical (unpaired) electrons. The maximum atomic E-state index is 12.8. The summed E-state index contributed by atoms with van der Waals surface area (Å²) in [5.41, 5.74) is 0.174. The molecule has 0 amide bonds. The first-order valence-electron chi connectivity index (χ1n) is 8.13. The average Bonchev–Trinajstić information content (AvgIpc) is 2.74. The zero-order valence-corrected chi connectivity index (χ0v) is 14.1. The normalized spacial score (nSPS) is 17.4. The molecular formula is C15H22N4O3S. The van der Waals surface area contributed by atoms with E-state index in [0.29, 0.717) is 25.3 Å². The first-order valence-corrected chi connectivity index (χ1v) is 9.57. The molecule has 8 heteroatoms. The second-order valence-electron chi connectivity index (χ2n) is 5.92. The van der Waals surface area contributed by atoms with Gasteiger partial charge in [-0.15, -0.1) is 5.10 Å². The lowest BCUT2D eigenvalue weighted by molar-refractivity contribution is 0.423. The van der Waals surface area contributed by atoms with Gasteiger partial charge in [-0.3, -0.25) is 0 Å². The molecule has 1 aliphatic rings. The van der Waals surface area contributed by atoms with Gasteiger partial charge in [0.1, 0.15) is 0 Å². The van der Waals surface area contributed by atoms with E-state index < -0.39 is 10.0 Å². The molecule has 0 bridgehead atoms. The van der Waals surface area contributed by atoms with Crippen molar-refractivity contribution in [3.05, 3.63) is 28.8 Å². The highest BCUT2D eigenvalue weighted by Crippen LogP contribution is 2.20. The van der Waals surface area contributed by atoms with E-state index in [0.717, 1.165) is 32.1 Å². The van der Waals surface area contributed by atoms with Gasteiger partial charge in [-0.2, -0.15) is 4.31 Å². The Labute approximate surface area is 135 Å². The van der Waals surface area contributed by atoms with Gasteiger partial charge in [-0.05, 0) is 31.4 Å². The Morgan fingerprint density at radius 1 is 1.13 bits per heavy atom. The molecule has 2 aromatic heterocycles. The van der Waals surface area contributed by atoms with Gasteiger partial charge in [0, 0.05) is 25.8 Å². The lowest BCUT2D eigenvalue weighted by Crippen LogP contribution is -2.32. The number of sulfonamides is 1. The maximum Gasteiger partial charge on any atom is 0.350 e. The maximum absolute atomic E-state index is 12.8. The minimum absolute atomic E-state index is 0.157. The molecule has 3 heterocycles. The minimum Gasteiger partial charge on any atom is -0.249 e. The smallest absolute Gasteiger partial charge is 0.249 e. The van der Waals surface area contributed by atoms with Crippen LogP contribution in [0.4, 0.5) is 0 Å². The summed E-state index contributed by atoms with van der Waals surface area (Å²) in [6, 6.07) is 3.14. The number of hydrogen-bond acceptors (Lipinski definition) is 4. The second kappa shape index (κ2) is 6.45. The van der Waals surface area contributed by atoms with Crippen molar-refractivity contribution in [3.63, 3.8) is 0 Å². The number of fused-ring (bicyclic) bond motifs is 1. The molecule has 1 aliphatic heterocycles. The van der Waals surface area contributed by atoms with Crippen LogP contribution in [0.5, 0.6) is 0 Å². The van der Waals surface area contributed by atoms with Gasteiger partial charge >= 0.3 is 5.69 Å². The van der Waals surface area contributed by atoms with Gasteiger partial charge < -0.3 is 0 Å². The standard InChI is InChI=1S/C15H22N4O3S/c1-2-9-19-15(20)18-12-13(7-8-14(18)16-19)23(21,22)17-10-5-3-4-6-11-17/h7-8,12H,2-6,9-11H2,1H3. The van der Waals surface area contributed by atoms with Crippen LogP contribution in [-0.2, 0) is 16.6 Å². The van der Waals surface area contributed by atoms with E-state index in [-0.39, 0.29) is 10.6 Å². The molecule has 2 aromatic rings. The summed E-state index contributed by atoms with van der Waals surface area (Å²) < 4.78 is 29.8. The Hall–Kier alpha value is -1.67. The van der Waals surface area contributed by atoms with E-state index in [9.17, 15) is 13.2 Å². The van der Waals surface area contributed by atoms with Crippen LogP contribution in [0, 0.1) is 0 Å². The van der Waals surface area contributed by atoms with Crippen LogP contribution in [0.3, 0.4) is 0 Å². The predicted molar refractivity (Wildman–Crippen MR) is 87.0 cm³/mol. The third-order valence-corrected chi connectivity index (χ3v) is 6.07. The Morgan fingerprint density at radius 3 is 2.48 bits per heavy atom. The molecule has 0 spiro atoms. The Morgan fingerprint density at radius 2 is 1.83 bits per heavy atom. The van der Waals surface area contributed by atoms with Gasteiger partial charge in [0.05, 0.1) is 4.90 Å². The Balaban J connectivity index is 2.02. The molecule has 3 rings (SSSR count). The number of aryl methyl sites for hydroxylation is 1. The fraction of sp³-hybridized carbons (Fsp3) is 0.600. The summed E-state index contributed by atoms with van der Waals surface area (Å²) in [5, 5.41) is 4.21. The van der Waals surface area contributed by atoms with E-state index in [1.807, 2.05) is 6.92 Å². The SMILES string of the molecule is CCCn1nc2ccc(S(=O)(=O)N3CCCCCC3)cn2c1=O. The largest absolute Gasteiger partial charge is 0.350 e. The highest BCUT2D eigenvalue weighted by Gasteiger charge is 2.26. The zero-order valence-electron chi connectivity index (χ0n) is 13.3.